The van der Waals surface area contributed by atoms with Gasteiger partial charge in [-0.15, -0.1) is 0 Å². The molecule has 2 N–H and O–H groups in total. The summed E-state index contributed by atoms with van der Waals surface area (Å²) in [4.78, 5) is 25.1. The highest BCUT2D eigenvalue weighted by Gasteiger charge is 2.23. The Morgan fingerprint density at radius 2 is 1.90 bits per heavy atom. The van der Waals surface area contributed by atoms with Crippen LogP contribution in [0.15, 0.2) is 24.3 Å². The molecule has 1 fully saturated rings. The molecule has 1 unspecified atom stereocenters. The number of piperidine rings is 1. The number of carbonyl (C=O) groups is 2. The predicted octanol–water partition coefficient (Wildman–Crippen LogP) is 3.05. The van der Waals surface area contributed by atoms with E-state index in [1.54, 1.807) is 18.2 Å². The summed E-state index contributed by atoms with van der Waals surface area (Å²) in [7, 11) is 0. The largest absolute Gasteiger partial charge is 0.326 e. The van der Waals surface area contributed by atoms with Gasteiger partial charge < -0.3 is 15.5 Å². The van der Waals surface area contributed by atoms with Crippen LogP contribution in [0.5, 0.6) is 0 Å². The first kappa shape index (κ1) is 14.4. The molecule has 1 heterocycles. The highest BCUT2D eigenvalue weighted by molar-refractivity contribution is 5.92. The van der Waals surface area contributed by atoms with Crippen LogP contribution < -0.4 is 10.6 Å². The van der Waals surface area contributed by atoms with Crippen LogP contribution in [0, 0.1) is 0 Å². The Balaban J connectivity index is 2.01. The van der Waals surface area contributed by atoms with Gasteiger partial charge >= 0.3 is 6.03 Å². The zero-order valence-electron chi connectivity index (χ0n) is 12.0. The number of hydrogen-bond donors (Lipinski definition) is 2. The first-order valence-electron chi connectivity index (χ1n) is 7.01. The lowest BCUT2D eigenvalue weighted by molar-refractivity contribution is -0.114. The molecule has 0 radical (unpaired) electrons. The lowest BCUT2D eigenvalue weighted by Crippen LogP contribution is -2.44. The van der Waals surface area contributed by atoms with Crippen molar-refractivity contribution in [2.45, 2.75) is 39.2 Å². The number of amides is 3. The zero-order chi connectivity index (χ0) is 14.5. The van der Waals surface area contributed by atoms with Crippen molar-refractivity contribution in [3.63, 3.8) is 0 Å². The van der Waals surface area contributed by atoms with E-state index in [1.165, 1.54) is 13.3 Å². The normalized spacial score (nSPS) is 18.5. The van der Waals surface area contributed by atoms with E-state index in [0.29, 0.717) is 11.4 Å². The van der Waals surface area contributed by atoms with Crippen molar-refractivity contribution in [1.29, 1.82) is 0 Å². The first-order valence-corrected chi connectivity index (χ1v) is 7.01. The second kappa shape index (κ2) is 6.41. The number of nitrogens with one attached hydrogen (secondary N) is 2. The summed E-state index contributed by atoms with van der Waals surface area (Å²) in [6.07, 6.45) is 3.30. The quantitative estimate of drug-likeness (QED) is 0.871. The minimum absolute atomic E-state index is 0.0721. The average Bonchev–Trinajstić information content (AvgIpc) is 2.38. The maximum atomic E-state index is 12.2. The second-order valence-corrected chi connectivity index (χ2v) is 5.23. The second-order valence-electron chi connectivity index (χ2n) is 5.23. The minimum Gasteiger partial charge on any atom is -0.326 e. The van der Waals surface area contributed by atoms with Gasteiger partial charge in [-0.2, -0.15) is 0 Å². The minimum atomic E-state index is -0.127. The molecule has 3 amide bonds. The van der Waals surface area contributed by atoms with Crippen LogP contribution in [0.4, 0.5) is 16.2 Å². The fourth-order valence-electron chi connectivity index (χ4n) is 2.47. The van der Waals surface area contributed by atoms with Gasteiger partial charge in [0.1, 0.15) is 0 Å². The SMILES string of the molecule is CC(=O)Nc1cccc(NC(=O)N2CCCCC2C)c1. The molecule has 20 heavy (non-hydrogen) atoms. The smallest absolute Gasteiger partial charge is 0.322 e. The molecule has 108 valence electrons. The van der Waals surface area contributed by atoms with Crippen molar-refractivity contribution < 1.29 is 9.59 Å². The number of benzene rings is 1. The van der Waals surface area contributed by atoms with Gasteiger partial charge in [0.05, 0.1) is 0 Å². The molecule has 1 aromatic rings. The molecule has 5 nitrogen and oxygen atoms in total. The predicted molar refractivity (Wildman–Crippen MR) is 79.8 cm³/mol. The first-order chi connectivity index (χ1) is 9.56. The molecule has 0 spiro atoms. The monoisotopic (exact) mass is 275 g/mol. The maximum Gasteiger partial charge on any atom is 0.322 e. The van der Waals surface area contributed by atoms with E-state index in [4.69, 9.17) is 0 Å². The fraction of sp³-hybridized carbons (Fsp3) is 0.467. The van der Waals surface area contributed by atoms with Gasteiger partial charge in [-0.25, -0.2) is 4.79 Å². The van der Waals surface area contributed by atoms with Gasteiger partial charge in [0.15, 0.2) is 0 Å². The Hall–Kier alpha value is -2.04. The van der Waals surface area contributed by atoms with Crippen molar-refractivity contribution in [2.24, 2.45) is 0 Å². The van der Waals surface area contributed by atoms with Crippen LogP contribution in [-0.4, -0.2) is 29.4 Å². The van der Waals surface area contributed by atoms with E-state index >= 15 is 0 Å². The van der Waals surface area contributed by atoms with Gasteiger partial charge in [0.25, 0.3) is 0 Å². The standard InChI is InChI=1S/C15H21N3O2/c1-11-6-3-4-9-18(11)15(20)17-14-8-5-7-13(10-14)16-12(2)19/h5,7-8,10-11H,3-4,6,9H2,1-2H3,(H,16,19)(H,17,20). The lowest BCUT2D eigenvalue weighted by Gasteiger charge is -2.33. The topological polar surface area (TPSA) is 61.4 Å². The van der Waals surface area contributed by atoms with Crippen molar-refractivity contribution in [3.8, 4) is 0 Å². The lowest BCUT2D eigenvalue weighted by atomic mass is 10.0. The molecule has 0 aliphatic carbocycles. The number of hydrogen-bond acceptors (Lipinski definition) is 2. The number of rotatable bonds is 2. The van der Waals surface area contributed by atoms with Crippen LogP contribution in [0.25, 0.3) is 0 Å². The molecule has 2 rings (SSSR count). The van der Waals surface area contributed by atoms with Crippen LogP contribution in [0.3, 0.4) is 0 Å². The van der Waals surface area contributed by atoms with Crippen molar-refractivity contribution >= 4 is 23.3 Å². The number of anilines is 2. The highest BCUT2D eigenvalue weighted by atomic mass is 16.2. The van der Waals surface area contributed by atoms with Crippen molar-refractivity contribution in [3.05, 3.63) is 24.3 Å². The summed E-state index contributed by atoms with van der Waals surface area (Å²) >= 11 is 0. The van der Waals surface area contributed by atoms with Gasteiger partial charge in [-0.05, 0) is 44.4 Å². The van der Waals surface area contributed by atoms with Gasteiger partial charge in [-0.3, -0.25) is 4.79 Å². The molecule has 1 aliphatic heterocycles. The Kier molecular flexibility index (Phi) is 4.61. The Morgan fingerprint density at radius 3 is 2.55 bits per heavy atom. The number of urea groups is 1. The van der Waals surface area contributed by atoms with Crippen LogP contribution in [0.2, 0.25) is 0 Å². The molecular formula is C15H21N3O2. The van der Waals surface area contributed by atoms with Crippen LogP contribution in [-0.2, 0) is 4.79 Å². The number of carbonyl (C=O) groups excluding carboxylic acids is 2. The van der Waals surface area contributed by atoms with E-state index in [1.807, 2.05) is 11.0 Å². The van der Waals surface area contributed by atoms with E-state index in [2.05, 4.69) is 17.6 Å². The van der Waals surface area contributed by atoms with Gasteiger partial charge in [0.2, 0.25) is 5.91 Å². The molecule has 1 saturated heterocycles. The van der Waals surface area contributed by atoms with Crippen molar-refractivity contribution in [1.82, 2.24) is 4.90 Å². The molecule has 1 aliphatic rings. The van der Waals surface area contributed by atoms with Gasteiger partial charge in [-0.1, -0.05) is 6.07 Å². The van der Waals surface area contributed by atoms with Gasteiger partial charge in [0, 0.05) is 30.9 Å². The third kappa shape index (κ3) is 3.73. The van der Waals surface area contributed by atoms with Crippen LogP contribution in [0.1, 0.15) is 33.1 Å². The Morgan fingerprint density at radius 1 is 1.20 bits per heavy atom. The average molecular weight is 275 g/mol. The molecule has 0 saturated carbocycles. The Labute approximate surface area is 119 Å². The summed E-state index contributed by atoms with van der Waals surface area (Å²) in [5, 5.41) is 5.59. The third-order valence-electron chi connectivity index (χ3n) is 3.50. The van der Waals surface area contributed by atoms with E-state index in [0.717, 1.165) is 19.4 Å². The summed E-state index contributed by atoms with van der Waals surface area (Å²) in [6.45, 7) is 4.34. The molecule has 1 aromatic carbocycles. The number of nitrogens with zero attached hydrogens (tertiary/aromatic N) is 1. The Bertz CT molecular complexity index is 502. The maximum absolute atomic E-state index is 12.2. The molecule has 0 bridgehead atoms. The van der Waals surface area contributed by atoms with Crippen LogP contribution >= 0.6 is 0 Å². The van der Waals surface area contributed by atoms with E-state index in [-0.39, 0.29) is 18.0 Å². The molecule has 1 atom stereocenters. The zero-order valence-corrected chi connectivity index (χ0v) is 12.0. The summed E-state index contributed by atoms with van der Waals surface area (Å²) in [5.41, 5.74) is 1.38. The summed E-state index contributed by atoms with van der Waals surface area (Å²) in [6, 6.07) is 7.38. The molecule has 5 heteroatoms. The summed E-state index contributed by atoms with van der Waals surface area (Å²) in [5.74, 6) is -0.127. The fourth-order valence-corrected chi connectivity index (χ4v) is 2.47. The third-order valence-corrected chi connectivity index (χ3v) is 3.50. The van der Waals surface area contributed by atoms with E-state index in [9.17, 15) is 9.59 Å². The number of likely N-dealkylation sites (tertiary alicyclic amines) is 1. The molecule has 0 aromatic heterocycles. The van der Waals surface area contributed by atoms with E-state index < -0.39 is 0 Å². The molecular weight excluding hydrogens is 254 g/mol. The summed E-state index contributed by atoms with van der Waals surface area (Å²) < 4.78 is 0. The highest BCUT2D eigenvalue weighted by Crippen LogP contribution is 2.19. The van der Waals surface area contributed by atoms with Crippen molar-refractivity contribution in [2.75, 3.05) is 17.2 Å².